The van der Waals surface area contributed by atoms with E-state index in [1.165, 1.54) is 69.9 Å². The molecular weight excluding hydrogens is 476 g/mol. The van der Waals surface area contributed by atoms with Gasteiger partial charge in [0.25, 0.3) is 0 Å². The average molecular weight is 523 g/mol. The van der Waals surface area contributed by atoms with Crippen LogP contribution in [0.1, 0.15) is 90.5 Å². The highest BCUT2D eigenvalue weighted by Crippen LogP contribution is 2.17. The van der Waals surface area contributed by atoms with Crippen molar-refractivity contribution in [1.29, 1.82) is 0 Å². The van der Waals surface area contributed by atoms with E-state index in [2.05, 4.69) is 49.2 Å². The molecule has 1 aromatic rings. The molecule has 0 aliphatic heterocycles. The molecule has 208 valence electrons. The summed E-state index contributed by atoms with van der Waals surface area (Å²) in [6, 6.07) is 8.56. The standard InChI is InChI=1S/C32H46N2O4/c1-5-6-7-8-9-10-11-12-13-16-25-33(4)30-23-21-29(22-24-30)20-19-27(2)17-14-15-18-28(3)26-31(32(35)36)34(37)38/h14-15,17-24,26H,5-13,16,25H2,1-4H3,(H,35,36). The molecule has 0 aliphatic rings. The molecule has 0 atom stereocenters. The normalized spacial score (nSPS) is 13.0. The van der Waals surface area contributed by atoms with Crippen LogP contribution in [-0.4, -0.2) is 29.6 Å². The number of nitrogens with zero attached hydrogens (tertiary/aromatic N) is 2. The summed E-state index contributed by atoms with van der Waals surface area (Å²) in [5.41, 5.74) is 3.03. The van der Waals surface area contributed by atoms with Crippen LogP contribution in [0.25, 0.3) is 6.08 Å². The summed E-state index contributed by atoms with van der Waals surface area (Å²) in [6.45, 7) is 6.95. The zero-order chi connectivity index (χ0) is 28.2. The number of hydrogen-bond donors (Lipinski definition) is 1. The Kier molecular flexibility index (Phi) is 16.9. The molecule has 1 rings (SSSR count). The number of carboxylic acid groups (broad SMARTS) is 1. The number of rotatable bonds is 19. The molecule has 38 heavy (non-hydrogen) atoms. The number of carboxylic acids is 1. The van der Waals surface area contributed by atoms with Crippen molar-refractivity contribution in [3.63, 3.8) is 0 Å². The highest BCUT2D eigenvalue weighted by molar-refractivity contribution is 5.84. The Hall–Kier alpha value is -3.41. The number of carbonyl (C=O) groups is 1. The minimum atomic E-state index is -1.55. The molecule has 6 heteroatoms. The smallest absolute Gasteiger partial charge is 0.407 e. The van der Waals surface area contributed by atoms with E-state index in [4.69, 9.17) is 5.11 Å². The van der Waals surface area contributed by atoms with Crippen molar-refractivity contribution in [3.8, 4) is 0 Å². The van der Waals surface area contributed by atoms with Gasteiger partial charge in [-0.15, -0.1) is 0 Å². The van der Waals surface area contributed by atoms with Crippen LogP contribution >= 0.6 is 0 Å². The molecule has 0 aliphatic carbocycles. The number of allylic oxidation sites excluding steroid dienone is 8. The van der Waals surface area contributed by atoms with Crippen molar-refractivity contribution in [1.82, 2.24) is 0 Å². The molecule has 0 bridgehead atoms. The molecule has 1 N–H and O–H groups in total. The van der Waals surface area contributed by atoms with Gasteiger partial charge in [0.1, 0.15) is 0 Å². The first kappa shape index (κ1) is 32.6. The monoisotopic (exact) mass is 522 g/mol. The van der Waals surface area contributed by atoms with Crippen molar-refractivity contribution in [2.24, 2.45) is 0 Å². The maximum Gasteiger partial charge on any atom is 0.407 e. The average Bonchev–Trinajstić information content (AvgIpc) is 2.89. The lowest BCUT2D eigenvalue weighted by atomic mass is 10.1. The quantitative estimate of drug-likeness (QED) is 0.0645. The number of anilines is 1. The van der Waals surface area contributed by atoms with Crippen LogP contribution in [0.15, 0.2) is 77.6 Å². The minimum absolute atomic E-state index is 0.482. The van der Waals surface area contributed by atoms with E-state index in [-0.39, 0.29) is 0 Å². The van der Waals surface area contributed by atoms with Crippen molar-refractivity contribution in [2.75, 3.05) is 18.5 Å². The SMILES string of the molecule is CCCCCCCCCCCCN(C)c1ccc(C=CC(C)=CC=CC=C(C)C=C(C(=O)O)[N+](=O)[O-])cc1. The summed E-state index contributed by atoms with van der Waals surface area (Å²) in [5.74, 6) is -1.55. The van der Waals surface area contributed by atoms with Crippen LogP contribution < -0.4 is 4.90 Å². The van der Waals surface area contributed by atoms with Crippen LogP contribution in [0, 0.1) is 10.1 Å². The summed E-state index contributed by atoms with van der Waals surface area (Å²) in [4.78, 5) is 23.0. The van der Waals surface area contributed by atoms with E-state index in [1.807, 2.05) is 25.2 Å². The summed E-state index contributed by atoms with van der Waals surface area (Å²) in [6.07, 6.45) is 25.7. The second kappa shape index (κ2) is 19.7. The van der Waals surface area contributed by atoms with Crippen LogP contribution in [0.3, 0.4) is 0 Å². The van der Waals surface area contributed by atoms with Crippen LogP contribution in [0.5, 0.6) is 0 Å². The van der Waals surface area contributed by atoms with Gasteiger partial charge in [0.05, 0.1) is 4.92 Å². The van der Waals surface area contributed by atoms with Crippen molar-refractivity contribution in [3.05, 3.63) is 93.2 Å². The van der Waals surface area contributed by atoms with E-state index in [0.29, 0.717) is 5.57 Å². The van der Waals surface area contributed by atoms with Gasteiger partial charge in [-0.2, -0.15) is 0 Å². The summed E-state index contributed by atoms with van der Waals surface area (Å²) in [5, 5.41) is 19.6. The van der Waals surface area contributed by atoms with E-state index in [0.717, 1.165) is 23.8 Å². The number of unbranched alkanes of at least 4 members (excludes halogenated alkanes) is 9. The number of nitro groups is 1. The van der Waals surface area contributed by atoms with Crippen LogP contribution in [0.4, 0.5) is 5.69 Å². The second-order valence-electron chi connectivity index (χ2n) is 9.83. The van der Waals surface area contributed by atoms with Gasteiger partial charge in [-0.25, -0.2) is 4.79 Å². The Morgan fingerprint density at radius 1 is 0.895 bits per heavy atom. The lowest BCUT2D eigenvalue weighted by molar-refractivity contribution is -0.421. The first-order valence-electron chi connectivity index (χ1n) is 13.8. The van der Waals surface area contributed by atoms with Crippen molar-refractivity contribution >= 4 is 17.7 Å². The molecule has 0 spiro atoms. The highest BCUT2D eigenvalue weighted by atomic mass is 16.6. The summed E-state index contributed by atoms with van der Waals surface area (Å²) < 4.78 is 0. The van der Waals surface area contributed by atoms with Gasteiger partial charge in [-0.3, -0.25) is 10.1 Å². The minimum Gasteiger partial charge on any atom is -0.473 e. The molecule has 6 nitrogen and oxygen atoms in total. The van der Waals surface area contributed by atoms with E-state index in [1.54, 1.807) is 19.1 Å². The first-order chi connectivity index (χ1) is 18.2. The van der Waals surface area contributed by atoms with Crippen molar-refractivity contribution in [2.45, 2.75) is 85.0 Å². The van der Waals surface area contributed by atoms with Gasteiger partial charge < -0.3 is 10.0 Å². The van der Waals surface area contributed by atoms with Gasteiger partial charge >= 0.3 is 11.7 Å². The van der Waals surface area contributed by atoms with E-state index >= 15 is 0 Å². The second-order valence-corrected chi connectivity index (χ2v) is 9.83. The highest BCUT2D eigenvalue weighted by Gasteiger charge is 2.19. The maximum absolute atomic E-state index is 10.9. The molecule has 0 heterocycles. The zero-order valence-electron chi connectivity index (χ0n) is 23.7. The third-order valence-corrected chi connectivity index (χ3v) is 6.33. The Balaban J connectivity index is 2.43. The predicted molar refractivity (Wildman–Crippen MR) is 160 cm³/mol. The predicted octanol–water partition coefficient (Wildman–Crippen LogP) is 8.75. The topological polar surface area (TPSA) is 83.7 Å². The Bertz CT molecular complexity index is 985. The van der Waals surface area contributed by atoms with Crippen LogP contribution in [-0.2, 0) is 4.79 Å². The van der Waals surface area contributed by atoms with Crippen LogP contribution in [0.2, 0.25) is 0 Å². The molecule has 0 aromatic heterocycles. The molecule has 0 saturated carbocycles. The molecule has 0 saturated heterocycles. The summed E-state index contributed by atoms with van der Waals surface area (Å²) in [7, 11) is 2.16. The number of benzene rings is 1. The van der Waals surface area contributed by atoms with E-state index < -0.39 is 16.6 Å². The zero-order valence-corrected chi connectivity index (χ0v) is 23.7. The fourth-order valence-corrected chi connectivity index (χ4v) is 3.96. The molecule has 0 fully saturated rings. The van der Waals surface area contributed by atoms with Gasteiger partial charge in [0.15, 0.2) is 0 Å². The van der Waals surface area contributed by atoms with Gasteiger partial charge in [-0.05, 0) is 43.5 Å². The van der Waals surface area contributed by atoms with Gasteiger partial charge in [0, 0.05) is 25.4 Å². The maximum atomic E-state index is 10.9. The number of aliphatic carboxylic acids is 1. The molecule has 1 aromatic carbocycles. The fourth-order valence-electron chi connectivity index (χ4n) is 3.96. The molecule has 0 amide bonds. The lowest BCUT2D eigenvalue weighted by Gasteiger charge is -2.19. The summed E-state index contributed by atoms with van der Waals surface area (Å²) >= 11 is 0. The van der Waals surface area contributed by atoms with Gasteiger partial charge in [0.2, 0.25) is 0 Å². The molecule has 0 unspecified atom stereocenters. The number of hydrogen-bond acceptors (Lipinski definition) is 4. The third kappa shape index (κ3) is 15.0. The Labute approximate surface area is 229 Å². The Morgan fingerprint density at radius 2 is 1.42 bits per heavy atom. The fraction of sp³-hybridized carbons (Fsp3) is 0.469. The van der Waals surface area contributed by atoms with Gasteiger partial charge in [-0.1, -0.05) is 119 Å². The molecule has 0 radical (unpaired) electrons. The third-order valence-electron chi connectivity index (χ3n) is 6.33. The Morgan fingerprint density at radius 3 is 1.95 bits per heavy atom. The first-order valence-corrected chi connectivity index (χ1v) is 13.8. The molecular formula is C32H46N2O4. The van der Waals surface area contributed by atoms with E-state index in [9.17, 15) is 14.9 Å². The lowest BCUT2D eigenvalue weighted by Crippen LogP contribution is -2.18. The largest absolute Gasteiger partial charge is 0.473 e. The van der Waals surface area contributed by atoms with Crippen molar-refractivity contribution < 1.29 is 14.8 Å².